The van der Waals surface area contributed by atoms with Gasteiger partial charge in [-0.25, -0.2) is 0 Å². The molecule has 1 rings (SSSR count). The highest BCUT2D eigenvalue weighted by Gasteiger charge is 2.17. The molecule has 1 unspecified atom stereocenters. The average molecular weight is 311 g/mol. The molecule has 0 amide bonds. The van der Waals surface area contributed by atoms with Crippen LogP contribution in [0, 0.1) is 17.2 Å². The molecule has 5 heteroatoms. The number of carbonyl (C=O) groups excluding carboxylic acids is 1. The van der Waals surface area contributed by atoms with Crippen LogP contribution in [0.2, 0.25) is 0 Å². The van der Waals surface area contributed by atoms with Crippen LogP contribution in [0.15, 0.2) is 22.7 Å². The molecule has 0 saturated heterocycles. The summed E-state index contributed by atoms with van der Waals surface area (Å²) in [5.74, 6) is -0.499. The summed E-state index contributed by atoms with van der Waals surface area (Å²) in [4.78, 5) is 13.3. The summed E-state index contributed by atoms with van der Waals surface area (Å²) < 4.78 is 5.59. The molecule has 1 aromatic rings. The van der Waals surface area contributed by atoms with Gasteiger partial charge in [0.15, 0.2) is 0 Å². The van der Waals surface area contributed by atoms with E-state index in [-0.39, 0.29) is 11.9 Å². The van der Waals surface area contributed by atoms with E-state index in [0.29, 0.717) is 12.1 Å². The van der Waals surface area contributed by atoms with E-state index in [1.54, 1.807) is 13.0 Å². The summed E-state index contributed by atoms with van der Waals surface area (Å²) >= 11 is 3.37. The van der Waals surface area contributed by atoms with Gasteiger partial charge in [-0.05, 0) is 18.2 Å². The van der Waals surface area contributed by atoms with Gasteiger partial charge in [0.25, 0.3) is 0 Å². The molecule has 0 heterocycles. The highest BCUT2D eigenvalue weighted by Crippen LogP contribution is 2.24. The number of hydrogen-bond acceptors (Lipinski definition) is 4. The molecule has 0 spiro atoms. The van der Waals surface area contributed by atoms with Gasteiger partial charge >= 0.3 is 5.97 Å². The van der Waals surface area contributed by atoms with Crippen molar-refractivity contribution >= 4 is 27.6 Å². The summed E-state index contributed by atoms with van der Waals surface area (Å²) in [6, 6.07) is 7.57. The van der Waals surface area contributed by atoms with Crippen LogP contribution >= 0.6 is 15.9 Å². The van der Waals surface area contributed by atoms with E-state index in [2.05, 4.69) is 26.7 Å². The van der Waals surface area contributed by atoms with Crippen LogP contribution in [0.3, 0.4) is 0 Å². The topological polar surface area (TPSA) is 53.3 Å². The molecule has 1 atom stereocenters. The Balaban J connectivity index is 2.90. The van der Waals surface area contributed by atoms with E-state index >= 15 is 0 Å². The zero-order chi connectivity index (χ0) is 13.7. The molecule has 0 bridgehead atoms. The van der Waals surface area contributed by atoms with Crippen molar-refractivity contribution < 1.29 is 9.53 Å². The van der Waals surface area contributed by atoms with Gasteiger partial charge in [0, 0.05) is 18.1 Å². The van der Waals surface area contributed by atoms with Crippen LogP contribution in [0.4, 0.5) is 5.69 Å². The number of ether oxygens (including phenoxy) is 1. The Labute approximate surface area is 115 Å². The lowest BCUT2D eigenvalue weighted by Gasteiger charge is -2.23. The number of esters is 1. The van der Waals surface area contributed by atoms with Crippen LogP contribution in [-0.4, -0.2) is 26.7 Å². The minimum Gasteiger partial charge on any atom is -0.469 e. The Kier molecular flexibility index (Phi) is 5.17. The molecule has 0 aromatic heterocycles. The first-order valence-electron chi connectivity index (χ1n) is 5.48. The van der Waals surface area contributed by atoms with E-state index in [1.165, 1.54) is 7.11 Å². The van der Waals surface area contributed by atoms with Crippen LogP contribution in [0.1, 0.15) is 12.5 Å². The fraction of sp³-hybridized carbons (Fsp3) is 0.385. The van der Waals surface area contributed by atoms with Gasteiger partial charge in [0.05, 0.1) is 24.3 Å². The van der Waals surface area contributed by atoms with Crippen molar-refractivity contribution in [2.45, 2.75) is 6.92 Å². The zero-order valence-electron chi connectivity index (χ0n) is 10.6. The Morgan fingerprint density at radius 2 is 2.28 bits per heavy atom. The Morgan fingerprint density at radius 1 is 1.61 bits per heavy atom. The van der Waals surface area contributed by atoms with Gasteiger partial charge < -0.3 is 9.64 Å². The van der Waals surface area contributed by atoms with Crippen molar-refractivity contribution in [1.82, 2.24) is 0 Å². The SMILES string of the molecule is COC(=O)C(C)CN(C)c1cc(Br)ccc1C#N. The number of methoxy groups -OCH3 is 1. The fourth-order valence-corrected chi connectivity index (χ4v) is 2.05. The molecule has 0 saturated carbocycles. The second-order valence-electron chi connectivity index (χ2n) is 4.08. The third kappa shape index (κ3) is 3.47. The quantitative estimate of drug-likeness (QED) is 0.802. The third-order valence-corrected chi connectivity index (χ3v) is 3.14. The molecule has 0 N–H and O–H groups in total. The van der Waals surface area contributed by atoms with Gasteiger partial charge in [-0.1, -0.05) is 22.9 Å². The summed E-state index contributed by atoms with van der Waals surface area (Å²) in [6.45, 7) is 2.30. The molecule has 18 heavy (non-hydrogen) atoms. The minimum absolute atomic E-state index is 0.245. The zero-order valence-corrected chi connectivity index (χ0v) is 12.2. The number of nitrogens with zero attached hydrogens (tertiary/aromatic N) is 2. The average Bonchev–Trinajstić information content (AvgIpc) is 2.37. The first-order chi connectivity index (χ1) is 8.49. The van der Waals surface area contributed by atoms with Crippen LogP contribution in [0.25, 0.3) is 0 Å². The first kappa shape index (κ1) is 14.5. The Morgan fingerprint density at radius 3 is 2.83 bits per heavy atom. The number of benzene rings is 1. The largest absolute Gasteiger partial charge is 0.469 e. The maximum Gasteiger partial charge on any atom is 0.310 e. The van der Waals surface area contributed by atoms with E-state index in [9.17, 15) is 4.79 Å². The Bertz CT molecular complexity index is 482. The second kappa shape index (κ2) is 6.41. The van der Waals surface area contributed by atoms with Crippen molar-refractivity contribution in [3.05, 3.63) is 28.2 Å². The van der Waals surface area contributed by atoms with E-state index in [1.807, 2.05) is 24.1 Å². The molecule has 96 valence electrons. The molecule has 0 aliphatic rings. The lowest BCUT2D eigenvalue weighted by atomic mass is 10.1. The summed E-state index contributed by atoms with van der Waals surface area (Å²) in [7, 11) is 3.22. The van der Waals surface area contributed by atoms with Gasteiger partial charge in [0.1, 0.15) is 6.07 Å². The third-order valence-electron chi connectivity index (χ3n) is 2.64. The van der Waals surface area contributed by atoms with Crippen LogP contribution < -0.4 is 4.90 Å². The van der Waals surface area contributed by atoms with Crippen molar-refractivity contribution in [1.29, 1.82) is 5.26 Å². The molecule has 0 fully saturated rings. The molecule has 0 radical (unpaired) electrons. The maximum absolute atomic E-state index is 11.4. The molecule has 0 aliphatic heterocycles. The second-order valence-corrected chi connectivity index (χ2v) is 4.99. The van der Waals surface area contributed by atoms with Gasteiger partial charge in [-0.3, -0.25) is 4.79 Å². The lowest BCUT2D eigenvalue weighted by Crippen LogP contribution is -2.29. The molecular weight excluding hydrogens is 296 g/mol. The predicted octanol–water partition coefficient (Wildman–Crippen LogP) is 2.57. The van der Waals surface area contributed by atoms with Gasteiger partial charge in [0.2, 0.25) is 0 Å². The summed E-state index contributed by atoms with van der Waals surface area (Å²) in [6.07, 6.45) is 0. The van der Waals surface area contributed by atoms with E-state index in [4.69, 9.17) is 5.26 Å². The monoisotopic (exact) mass is 310 g/mol. The molecule has 0 aliphatic carbocycles. The van der Waals surface area contributed by atoms with Gasteiger partial charge in [-0.2, -0.15) is 5.26 Å². The smallest absolute Gasteiger partial charge is 0.310 e. The van der Waals surface area contributed by atoms with Gasteiger partial charge in [-0.15, -0.1) is 0 Å². The predicted molar refractivity (Wildman–Crippen MR) is 73.3 cm³/mol. The maximum atomic E-state index is 11.4. The van der Waals surface area contributed by atoms with E-state index < -0.39 is 0 Å². The van der Waals surface area contributed by atoms with Crippen LogP contribution in [-0.2, 0) is 9.53 Å². The highest BCUT2D eigenvalue weighted by molar-refractivity contribution is 9.10. The standard InChI is InChI=1S/C13H15BrN2O2/c1-9(13(17)18-3)8-16(2)12-6-11(14)5-4-10(12)7-15/h4-6,9H,8H2,1-3H3. The molecular formula is C13H15BrN2O2. The van der Waals surface area contributed by atoms with Crippen molar-refractivity contribution in [3.63, 3.8) is 0 Å². The van der Waals surface area contributed by atoms with E-state index in [0.717, 1.165) is 10.2 Å². The molecule has 4 nitrogen and oxygen atoms in total. The molecule has 1 aromatic carbocycles. The number of carbonyl (C=O) groups is 1. The van der Waals surface area contributed by atoms with Crippen LogP contribution in [0.5, 0.6) is 0 Å². The fourth-order valence-electron chi connectivity index (χ4n) is 1.70. The Hall–Kier alpha value is -1.54. The lowest BCUT2D eigenvalue weighted by molar-refractivity contribution is -0.144. The first-order valence-corrected chi connectivity index (χ1v) is 6.27. The summed E-state index contributed by atoms with van der Waals surface area (Å²) in [5.41, 5.74) is 1.38. The normalized spacial score (nSPS) is 11.5. The number of rotatable bonds is 4. The number of anilines is 1. The minimum atomic E-state index is -0.254. The van der Waals surface area contributed by atoms with Crippen molar-refractivity contribution in [2.24, 2.45) is 5.92 Å². The van der Waals surface area contributed by atoms with Crippen molar-refractivity contribution in [2.75, 3.05) is 25.6 Å². The number of halogens is 1. The summed E-state index contributed by atoms with van der Waals surface area (Å²) in [5, 5.41) is 9.06. The highest BCUT2D eigenvalue weighted by atomic mass is 79.9. The van der Waals surface area contributed by atoms with Crippen molar-refractivity contribution in [3.8, 4) is 6.07 Å². The number of hydrogen-bond donors (Lipinski definition) is 0. The number of nitriles is 1.